The normalized spacial score (nSPS) is 17.3. The third kappa shape index (κ3) is 1.19. The van der Waals surface area contributed by atoms with Crippen molar-refractivity contribution in [3.05, 3.63) is 52.7 Å². The van der Waals surface area contributed by atoms with Crippen molar-refractivity contribution in [2.75, 3.05) is 0 Å². The minimum absolute atomic E-state index is 0.0950. The summed E-state index contributed by atoms with van der Waals surface area (Å²) in [6.45, 7) is 0. The first kappa shape index (κ1) is 8.89. The Morgan fingerprint density at radius 1 is 1.20 bits per heavy atom. The van der Waals surface area contributed by atoms with E-state index >= 15 is 0 Å². The second-order valence-electron chi connectivity index (χ2n) is 3.65. The van der Waals surface area contributed by atoms with E-state index in [0.717, 1.165) is 27.4 Å². The molecule has 1 aromatic heterocycles. The van der Waals surface area contributed by atoms with Gasteiger partial charge in [0.05, 0.1) is 11.7 Å². The van der Waals surface area contributed by atoms with Crippen LogP contribution < -0.4 is 5.73 Å². The molecule has 1 aliphatic carbocycles. The second kappa shape index (κ2) is 3.05. The molecule has 0 radical (unpaired) electrons. The maximum Gasteiger partial charge on any atom is 0.0756 e. The molecule has 0 spiro atoms. The highest BCUT2D eigenvalue weighted by atomic mass is 35.5. The van der Waals surface area contributed by atoms with Gasteiger partial charge in [-0.2, -0.15) is 0 Å². The van der Waals surface area contributed by atoms with Crippen LogP contribution in [0.4, 0.5) is 0 Å². The van der Waals surface area contributed by atoms with Gasteiger partial charge >= 0.3 is 0 Å². The first-order valence-electron chi connectivity index (χ1n) is 4.77. The first-order valence-corrected chi connectivity index (χ1v) is 5.15. The lowest BCUT2D eigenvalue weighted by Crippen LogP contribution is -2.07. The molecule has 0 saturated carbocycles. The van der Waals surface area contributed by atoms with Gasteiger partial charge < -0.3 is 5.73 Å². The van der Waals surface area contributed by atoms with Crippen molar-refractivity contribution in [2.45, 2.75) is 6.04 Å². The van der Waals surface area contributed by atoms with Crippen LogP contribution in [-0.4, -0.2) is 4.98 Å². The van der Waals surface area contributed by atoms with E-state index in [1.165, 1.54) is 0 Å². The molecular formula is C12H9ClN2. The van der Waals surface area contributed by atoms with Gasteiger partial charge in [0, 0.05) is 16.8 Å². The van der Waals surface area contributed by atoms with Crippen molar-refractivity contribution in [1.29, 1.82) is 0 Å². The Morgan fingerprint density at radius 3 is 2.93 bits per heavy atom. The van der Waals surface area contributed by atoms with E-state index in [9.17, 15) is 0 Å². The molecule has 2 nitrogen and oxygen atoms in total. The molecule has 0 amide bonds. The molecule has 0 aliphatic heterocycles. The van der Waals surface area contributed by atoms with Crippen LogP contribution in [0.2, 0.25) is 5.02 Å². The predicted octanol–water partition coefficient (Wildman–Crippen LogP) is 2.76. The maximum absolute atomic E-state index is 6.13. The fourth-order valence-corrected chi connectivity index (χ4v) is 2.25. The molecule has 2 aromatic rings. The number of aromatic nitrogens is 1. The van der Waals surface area contributed by atoms with Gasteiger partial charge in [0.15, 0.2) is 0 Å². The molecule has 1 aliphatic rings. The number of fused-ring (bicyclic) bond motifs is 3. The Bertz CT molecular complexity index is 537. The predicted molar refractivity (Wildman–Crippen MR) is 60.7 cm³/mol. The van der Waals surface area contributed by atoms with Gasteiger partial charge in [0.1, 0.15) is 0 Å². The minimum atomic E-state index is -0.0950. The van der Waals surface area contributed by atoms with E-state index < -0.39 is 0 Å². The van der Waals surface area contributed by atoms with Crippen LogP contribution in [0.15, 0.2) is 36.5 Å². The summed E-state index contributed by atoms with van der Waals surface area (Å²) in [5.74, 6) is 0. The summed E-state index contributed by atoms with van der Waals surface area (Å²) in [4.78, 5) is 4.36. The van der Waals surface area contributed by atoms with E-state index in [1.807, 2.05) is 30.3 Å². The third-order valence-corrected chi connectivity index (χ3v) is 3.01. The first-order chi connectivity index (χ1) is 7.27. The molecular weight excluding hydrogens is 208 g/mol. The Balaban J connectivity index is 2.32. The maximum atomic E-state index is 6.13. The Morgan fingerprint density at radius 2 is 2.07 bits per heavy atom. The monoisotopic (exact) mass is 216 g/mol. The fraction of sp³-hybridized carbons (Fsp3) is 0.0833. The van der Waals surface area contributed by atoms with Crippen LogP contribution in [0.1, 0.15) is 17.2 Å². The summed E-state index contributed by atoms with van der Waals surface area (Å²) in [5, 5.41) is 0.719. The zero-order valence-corrected chi connectivity index (χ0v) is 8.70. The van der Waals surface area contributed by atoms with Crippen LogP contribution in [0, 0.1) is 0 Å². The standard InChI is InChI=1S/C12H9ClN2/c13-7-3-4-8-10(6-7)11(14)9-2-1-5-15-12(8)9/h1-6,11H,14H2. The number of nitrogens with two attached hydrogens (primary N) is 1. The van der Waals surface area contributed by atoms with E-state index in [2.05, 4.69) is 4.98 Å². The lowest BCUT2D eigenvalue weighted by Gasteiger charge is -2.05. The average Bonchev–Trinajstić information content (AvgIpc) is 2.54. The van der Waals surface area contributed by atoms with Gasteiger partial charge in [-0.3, -0.25) is 4.98 Å². The molecule has 3 rings (SSSR count). The minimum Gasteiger partial charge on any atom is -0.320 e. The van der Waals surface area contributed by atoms with E-state index in [-0.39, 0.29) is 6.04 Å². The van der Waals surface area contributed by atoms with E-state index in [1.54, 1.807) is 6.20 Å². The van der Waals surface area contributed by atoms with Gasteiger partial charge in [-0.25, -0.2) is 0 Å². The summed E-state index contributed by atoms with van der Waals surface area (Å²) in [5.41, 5.74) is 10.4. The largest absolute Gasteiger partial charge is 0.320 e. The molecule has 0 fully saturated rings. The number of pyridine rings is 1. The highest BCUT2D eigenvalue weighted by Gasteiger charge is 2.26. The van der Waals surface area contributed by atoms with Crippen LogP contribution in [0.5, 0.6) is 0 Å². The zero-order chi connectivity index (χ0) is 10.4. The quantitative estimate of drug-likeness (QED) is 0.736. The third-order valence-electron chi connectivity index (χ3n) is 2.78. The number of hydrogen-bond acceptors (Lipinski definition) is 2. The lowest BCUT2D eigenvalue weighted by molar-refractivity contribution is 0.897. The van der Waals surface area contributed by atoms with Crippen molar-refractivity contribution in [1.82, 2.24) is 4.98 Å². The number of rotatable bonds is 0. The van der Waals surface area contributed by atoms with Crippen LogP contribution in [-0.2, 0) is 0 Å². The van der Waals surface area contributed by atoms with Crippen LogP contribution in [0.25, 0.3) is 11.3 Å². The van der Waals surface area contributed by atoms with Crippen LogP contribution >= 0.6 is 11.6 Å². The van der Waals surface area contributed by atoms with Gasteiger partial charge in [-0.15, -0.1) is 0 Å². The van der Waals surface area contributed by atoms with Gasteiger partial charge in [-0.1, -0.05) is 23.7 Å². The fourth-order valence-electron chi connectivity index (χ4n) is 2.07. The van der Waals surface area contributed by atoms with Crippen molar-refractivity contribution in [3.63, 3.8) is 0 Å². The summed E-state index contributed by atoms with van der Waals surface area (Å²) in [7, 11) is 0. The molecule has 1 atom stereocenters. The van der Waals surface area contributed by atoms with Crippen molar-refractivity contribution < 1.29 is 0 Å². The molecule has 0 saturated heterocycles. The Kier molecular flexibility index (Phi) is 1.81. The molecule has 2 N–H and O–H groups in total. The number of benzene rings is 1. The van der Waals surface area contributed by atoms with E-state index in [0.29, 0.717) is 0 Å². The Labute approximate surface area is 92.7 Å². The summed E-state index contributed by atoms with van der Waals surface area (Å²) in [6.07, 6.45) is 1.79. The second-order valence-corrected chi connectivity index (χ2v) is 4.09. The number of halogens is 1. The highest BCUT2D eigenvalue weighted by molar-refractivity contribution is 6.30. The number of hydrogen-bond donors (Lipinski definition) is 1. The summed E-state index contributed by atoms with van der Waals surface area (Å²) in [6, 6.07) is 9.60. The molecule has 3 heteroatoms. The van der Waals surface area contributed by atoms with E-state index in [4.69, 9.17) is 17.3 Å². The highest BCUT2D eigenvalue weighted by Crippen LogP contribution is 2.41. The molecule has 1 heterocycles. The van der Waals surface area contributed by atoms with Gasteiger partial charge in [0.2, 0.25) is 0 Å². The Hall–Kier alpha value is -1.38. The zero-order valence-electron chi connectivity index (χ0n) is 7.94. The number of nitrogens with zero attached hydrogens (tertiary/aromatic N) is 1. The molecule has 74 valence electrons. The molecule has 1 unspecified atom stereocenters. The smallest absolute Gasteiger partial charge is 0.0756 e. The lowest BCUT2D eigenvalue weighted by atomic mass is 10.1. The van der Waals surface area contributed by atoms with Crippen molar-refractivity contribution in [2.24, 2.45) is 5.73 Å². The summed E-state index contributed by atoms with van der Waals surface area (Å²) < 4.78 is 0. The SMILES string of the molecule is NC1c2cc(Cl)ccc2-c2ncccc21. The average molecular weight is 217 g/mol. The molecule has 0 bridgehead atoms. The van der Waals surface area contributed by atoms with Crippen LogP contribution in [0.3, 0.4) is 0 Å². The summed E-state index contributed by atoms with van der Waals surface area (Å²) >= 11 is 5.96. The molecule has 1 aromatic carbocycles. The topological polar surface area (TPSA) is 38.9 Å². The van der Waals surface area contributed by atoms with Gasteiger partial charge in [0.25, 0.3) is 0 Å². The van der Waals surface area contributed by atoms with Crippen molar-refractivity contribution >= 4 is 11.6 Å². The van der Waals surface area contributed by atoms with Crippen molar-refractivity contribution in [3.8, 4) is 11.3 Å². The molecule has 15 heavy (non-hydrogen) atoms. The van der Waals surface area contributed by atoms with Gasteiger partial charge in [-0.05, 0) is 29.3 Å².